The van der Waals surface area contributed by atoms with Crippen LogP contribution in [-0.2, 0) is 4.79 Å². The summed E-state index contributed by atoms with van der Waals surface area (Å²) < 4.78 is 13.1. The van der Waals surface area contributed by atoms with Crippen LogP contribution in [0.3, 0.4) is 0 Å². The second-order valence-corrected chi connectivity index (χ2v) is 4.70. The summed E-state index contributed by atoms with van der Waals surface area (Å²) in [7, 11) is 0. The van der Waals surface area contributed by atoms with Gasteiger partial charge in [0.25, 0.3) is 0 Å². The van der Waals surface area contributed by atoms with Gasteiger partial charge < -0.3 is 5.32 Å². The summed E-state index contributed by atoms with van der Waals surface area (Å²) in [6, 6.07) is 3.21. The highest BCUT2D eigenvalue weighted by atomic mass is 79.9. The number of anilines is 1. The van der Waals surface area contributed by atoms with E-state index in [9.17, 15) is 14.0 Å². The van der Waals surface area contributed by atoms with Gasteiger partial charge in [-0.3, -0.25) is 10.1 Å². The van der Waals surface area contributed by atoms with Crippen molar-refractivity contribution in [2.75, 3.05) is 5.32 Å². The smallest absolute Gasteiger partial charge is 0.308 e. The number of halogens is 3. The molecule has 1 unspecified atom stereocenters. The van der Waals surface area contributed by atoms with Crippen LogP contribution in [0.25, 0.3) is 0 Å². The van der Waals surface area contributed by atoms with Crippen molar-refractivity contribution in [1.82, 2.24) is 5.32 Å². The molecule has 1 rings (SSSR count). The lowest BCUT2D eigenvalue weighted by atomic mass is 10.3. The van der Waals surface area contributed by atoms with Crippen molar-refractivity contribution >= 4 is 45.2 Å². The molecule has 92 valence electrons. The Balaban J connectivity index is 2.62. The molecule has 17 heavy (non-hydrogen) atoms. The van der Waals surface area contributed by atoms with Crippen LogP contribution in [0.1, 0.15) is 6.92 Å². The highest BCUT2D eigenvalue weighted by Crippen LogP contribution is 2.19. The first-order valence-electron chi connectivity index (χ1n) is 4.61. The van der Waals surface area contributed by atoms with E-state index in [1.165, 1.54) is 25.1 Å². The number of alkyl halides is 1. The van der Waals surface area contributed by atoms with Crippen LogP contribution >= 0.6 is 27.5 Å². The number of benzene rings is 1. The zero-order valence-corrected chi connectivity index (χ0v) is 11.1. The second kappa shape index (κ2) is 5.97. The lowest BCUT2D eigenvalue weighted by molar-refractivity contribution is -0.119. The third-order valence-corrected chi connectivity index (χ3v) is 2.58. The van der Waals surface area contributed by atoms with Gasteiger partial charge in [-0.15, -0.1) is 11.6 Å². The van der Waals surface area contributed by atoms with E-state index in [-0.39, 0.29) is 4.47 Å². The molecule has 0 radical (unpaired) electrons. The van der Waals surface area contributed by atoms with Crippen LogP contribution in [0.4, 0.5) is 14.9 Å². The molecule has 3 amide bonds. The molecule has 0 bridgehead atoms. The first kappa shape index (κ1) is 13.9. The number of imide groups is 1. The van der Waals surface area contributed by atoms with Gasteiger partial charge in [-0.1, -0.05) is 0 Å². The molecule has 1 aromatic carbocycles. The molecule has 2 N–H and O–H groups in total. The highest BCUT2D eigenvalue weighted by molar-refractivity contribution is 9.10. The normalized spacial score (nSPS) is 11.8. The molecule has 0 saturated heterocycles. The maximum Gasteiger partial charge on any atom is 0.325 e. The summed E-state index contributed by atoms with van der Waals surface area (Å²) in [6.07, 6.45) is 0. The van der Waals surface area contributed by atoms with Crippen LogP contribution in [0, 0.1) is 5.82 Å². The number of urea groups is 1. The zero-order chi connectivity index (χ0) is 13.0. The van der Waals surface area contributed by atoms with Crippen molar-refractivity contribution in [2.45, 2.75) is 12.3 Å². The van der Waals surface area contributed by atoms with Gasteiger partial charge in [0.2, 0.25) is 5.91 Å². The zero-order valence-electron chi connectivity index (χ0n) is 8.76. The van der Waals surface area contributed by atoms with Crippen molar-refractivity contribution in [3.63, 3.8) is 0 Å². The molecule has 0 aliphatic heterocycles. The fraction of sp³-hybridized carbons (Fsp3) is 0.200. The van der Waals surface area contributed by atoms with Gasteiger partial charge in [0.05, 0.1) is 4.47 Å². The average molecular weight is 324 g/mol. The third-order valence-electron chi connectivity index (χ3n) is 1.78. The molecule has 0 aliphatic rings. The number of nitrogens with one attached hydrogen (secondary N) is 2. The SMILES string of the molecule is CC(Cl)C(=O)NC(=O)Nc1ccc(F)c(Br)c1. The van der Waals surface area contributed by atoms with Crippen LogP contribution in [0.2, 0.25) is 0 Å². The topological polar surface area (TPSA) is 58.2 Å². The van der Waals surface area contributed by atoms with Crippen LogP contribution < -0.4 is 10.6 Å². The predicted molar refractivity (Wildman–Crippen MR) is 66.6 cm³/mol. The fourth-order valence-electron chi connectivity index (χ4n) is 0.948. The van der Waals surface area contributed by atoms with Crippen LogP contribution in [-0.4, -0.2) is 17.3 Å². The Morgan fingerprint density at radius 3 is 2.65 bits per heavy atom. The van der Waals surface area contributed by atoms with E-state index in [1.807, 2.05) is 5.32 Å². The number of carbonyl (C=O) groups is 2. The molecular weight excluding hydrogens is 314 g/mol. The lowest BCUT2D eigenvalue weighted by Crippen LogP contribution is -2.38. The van der Waals surface area contributed by atoms with E-state index >= 15 is 0 Å². The molecule has 0 aliphatic carbocycles. The summed E-state index contributed by atoms with van der Waals surface area (Å²) in [5.74, 6) is -1.05. The molecule has 0 spiro atoms. The first-order chi connectivity index (χ1) is 7.90. The minimum atomic E-state index is -0.805. The Kier molecular flexibility index (Phi) is 4.89. The summed E-state index contributed by atoms with van der Waals surface area (Å²) in [4.78, 5) is 22.4. The number of hydrogen-bond acceptors (Lipinski definition) is 2. The Hall–Kier alpha value is -1.14. The molecule has 7 heteroatoms. The fourth-order valence-corrected chi connectivity index (χ4v) is 1.38. The quantitative estimate of drug-likeness (QED) is 0.822. The van der Waals surface area contributed by atoms with Crippen molar-refractivity contribution in [3.05, 3.63) is 28.5 Å². The Morgan fingerprint density at radius 2 is 2.12 bits per heavy atom. The molecule has 4 nitrogen and oxygen atoms in total. The molecule has 1 atom stereocenters. The Bertz CT molecular complexity index is 454. The minimum absolute atomic E-state index is 0.215. The molecule has 0 heterocycles. The Labute approximate surface area is 111 Å². The summed E-state index contributed by atoms with van der Waals surface area (Å²) in [5, 5.41) is 3.60. The molecule has 1 aromatic rings. The molecular formula is C10H9BrClFN2O2. The van der Waals surface area contributed by atoms with E-state index in [2.05, 4.69) is 21.2 Å². The number of rotatable bonds is 2. The molecule has 0 fully saturated rings. The van der Waals surface area contributed by atoms with Gasteiger partial charge in [0, 0.05) is 5.69 Å². The van der Waals surface area contributed by atoms with Gasteiger partial charge >= 0.3 is 6.03 Å². The van der Waals surface area contributed by atoms with Crippen LogP contribution in [0.5, 0.6) is 0 Å². The maximum atomic E-state index is 12.9. The second-order valence-electron chi connectivity index (χ2n) is 3.19. The van der Waals surface area contributed by atoms with Crippen molar-refractivity contribution < 1.29 is 14.0 Å². The summed E-state index contributed by atoms with van der Waals surface area (Å²) in [5.41, 5.74) is 0.353. The van der Waals surface area contributed by atoms with E-state index < -0.39 is 23.1 Å². The summed E-state index contributed by atoms with van der Waals surface area (Å²) >= 11 is 8.45. The molecule has 0 aromatic heterocycles. The van der Waals surface area contributed by atoms with Gasteiger partial charge in [-0.05, 0) is 41.1 Å². The monoisotopic (exact) mass is 322 g/mol. The minimum Gasteiger partial charge on any atom is -0.308 e. The average Bonchev–Trinajstić information content (AvgIpc) is 2.23. The van der Waals surface area contributed by atoms with E-state index in [0.29, 0.717) is 5.69 Å². The van der Waals surface area contributed by atoms with Crippen molar-refractivity contribution in [3.8, 4) is 0 Å². The first-order valence-corrected chi connectivity index (χ1v) is 5.84. The highest BCUT2D eigenvalue weighted by Gasteiger charge is 2.13. The standard InChI is InChI=1S/C10H9BrClFN2O2/c1-5(12)9(16)15-10(17)14-6-2-3-8(13)7(11)4-6/h2-5H,1H3,(H2,14,15,16,17). The number of hydrogen-bond donors (Lipinski definition) is 2. The van der Waals surface area contributed by atoms with Crippen molar-refractivity contribution in [1.29, 1.82) is 0 Å². The van der Waals surface area contributed by atoms with Crippen molar-refractivity contribution in [2.24, 2.45) is 0 Å². The Morgan fingerprint density at radius 1 is 1.47 bits per heavy atom. The maximum absolute atomic E-state index is 12.9. The number of amides is 3. The van der Waals surface area contributed by atoms with Gasteiger partial charge in [-0.2, -0.15) is 0 Å². The van der Waals surface area contributed by atoms with E-state index in [0.717, 1.165) is 0 Å². The third kappa shape index (κ3) is 4.32. The van der Waals surface area contributed by atoms with Gasteiger partial charge in [-0.25, -0.2) is 9.18 Å². The van der Waals surface area contributed by atoms with Gasteiger partial charge in [0.1, 0.15) is 11.2 Å². The number of carbonyl (C=O) groups excluding carboxylic acids is 2. The lowest BCUT2D eigenvalue weighted by Gasteiger charge is -2.08. The predicted octanol–water partition coefficient (Wildman–Crippen LogP) is 2.86. The van der Waals surface area contributed by atoms with E-state index in [1.54, 1.807) is 0 Å². The summed E-state index contributed by atoms with van der Waals surface area (Å²) in [6.45, 7) is 1.44. The largest absolute Gasteiger partial charge is 0.325 e. The van der Waals surface area contributed by atoms with Gasteiger partial charge in [0.15, 0.2) is 0 Å². The molecule has 0 saturated carbocycles. The van der Waals surface area contributed by atoms with E-state index in [4.69, 9.17) is 11.6 Å². The van der Waals surface area contributed by atoms with Crippen LogP contribution in [0.15, 0.2) is 22.7 Å².